The van der Waals surface area contributed by atoms with Crippen LogP contribution >= 0.6 is 0 Å². The molecule has 15 aromatic rings. The van der Waals surface area contributed by atoms with Crippen molar-refractivity contribution in [3.63, 3.8) is 0 Å². The zero-order valence-electron chi connectivity index (χ0n) is 38.2. The minimum absolute atomic E-state index is 0.557. The molecule has 0 radical (unpaired) electrons. The fourth-order valence-electron chi connectivity index (χ4n) is 11.1. The van der Waals surface area contributed by atoms with Crippen LogP contribution in [0.4, 0.5) is 0 Å². The van der Waals surface area contributed by atoms with Gasteiger partial charge in [-0.05, 0) is 99.4 Å². The molecular weight excluding hydrogens is 867 g/mol. The maximum absolute atomic E-state index is 7.20. The van der Waals surface area contributed by atoms with Crippen molar-refractivity contribution in [1.29, 1.82) is 0 Å². The van der Waals surface area contributed by atoms with E-state index in [0.29, 0.717) is 17.5 Å². The number of hydrogen-bond donors (Lipinski definition) is 0. The van der Waals surface area contributed by atoms with Gasteiger partial charge in [0.1, 0.15) is 5.58 Å². The smallest absolute Gasteiger partial charge is 0.164 e. The number of aromatic nitrogens is 5. The standard InChI is InChI=1S/C65H39N5O/c1-3-16-40(17-4-1)41-30-32-42(33-31-41)63-66-64(50-26-15-29-56-60(50)49-25-12-14-28-55(49)69(56)47-22-5-2-6-23-47)68-65(67-63)51-34-35-57(62-61(51)53-37-44-19-8-10-21-46(44)39-59(53)71-62)70-54-27-13-11-24-48(54)52-36-43-18-7-9-20-45(43)38-58(52)70/h1-39H. The van der Waals surface area contributed by atoms with E-state index in [4.69, 9.17) is 19.4 Å². The lowest BCUT2D eigenvalue weighted by Crippen LogP contribution is -2.02. The summed E-state index contributed by atoms with van der Waals surface area (Å²) in [4.78, 5) is 16.4. The van der Waals surface area contributed by atoms with Crippen molar-refractivity contribution in [3.05, 3.63) is 237 Å². The van der Waals surface area contributed by atoms with E-state index in [1.54, 1.807) is 0 Å². The van der Waals surface area contributed by atoms with E-state index in [9.17, 15) is 0 Å². The van der Waals surface area contributed by atoms with Crippen LogP contribution in [0.2, 0.25) is 0 Å². The van der Waals surface area contributed by atoms with Crippen molar-refractivity contribution in [2.24, 2.45) is 0 Å². The molecule has 0 bridgehead atoms. The Labute approximate surface area is 407 Å². The minimum atomic E-state index is 0.557. The van der Waals surface area contributed by atoms with E-state index in [2.05, 4.69) is 240 Å². The summed E-state index contributed by atoms with van der Waals surface area (Å²) >= 11 is 0. The van der Waals surface area contributed by atoms with E-state index in [-0.39, 0.29) is 0 Å². The first-order chi connectivity index (χ1) is 35.2. The molecule has 6 nitrogen and oxygen atoms in total. The molecule has 0 N–H and O–H groups in total. The van der Waals surface area contributed by atoms with Gasteiger partial charge in [0.25, 0.3) is 0 Å². The van der Waals surface area contributed by atoms with Crippen LogP contribution in [0.25, 0.3) is 144 Å². The first kappa shape index (κ1) is 39.4. The number of para-hydroxylation sites is 3. The Morgan fingerprint density at radius 1 is 0.310 bits per heavy atom. The van der Waals surface area contributed by atoms with Gasteiger partial charge in [0.05, 0.1) is 27.8 Å². The van der Waals surface area contributed by atoms with Crippen LogP contribution in [0.1, 0.15) is 0 Å². The molecule has 0 saturated heterocycles. The predicted octanol–water partition coefficient (Wildman–Crippen LogP) is 16.9. The first-order valence-corrected chi connectivity index (χ1v) is 24.0. The lowest BCUT2D eigenvalue weighted by atomic mass is 10.0. The van der Waals surface area contributed by atoms with Crippen LogP contribution < -0.4 is 0 Å². The minimum Gasteiger partial charge on any atom is -0.454 e. The van der Waals surface area contributed by atoms with Gasteiger partial charge in [-0.3, -0.25) is 0 Å². The molecular formula is C65H39N5O. The highest BCUT2D eigenvalue weighted by atomic mass is 16.3. The topological polar surface area (TPSA) is 61.7 Å². The Morgan fingerprint density at radius 3 is 1.58 bits per heavy atom. The summed E-state index contributed by atoms with van der Waals surface area (Å²) in [5.74, 6) is 1.73. The molecule has 0 atom stereocenters. The summed E-state index contributed by atoms with van der Waals surface area (Å²) in [6.07, 6.45) is 0. The number of benzene rings is 11. The van der Waals surface area contributed by atoms with Crippen molar-refractivity contribution in [1.82, 2.24) is 24.1 Å². The fourth-order valence-corrected chi connectivity index (χ4v) is 11.1. The van der Waals surface area contributed by atoms with Gasteiger partial charge in [-0.1, -0.05) is 170 Å². The highest BCUT2D eigenvalue weighted by Crippen LogP contribution is 2.45. The summed E-state index contributed by atoms with van der Waals surface area (Å²) < 4.78 is 11.9. The average molecular weight is 906 g/mol. The molecule has 0 saturated carbocycles. The van der Waals surface area contributed by atoms with Crippen molar-refractivity contribution < 1.29 is 4.42 Å². The SMILES string of the molecule is c1ccc(-c2ccc(-c3nc(-c4ccc(-n5c6ccccc6c6cc7ccccc7cc65)c5oc6cc7ccccc7cc6c45)nc(-c4cccc5c4c4ccccc4n5-c4ccccc4)n3)cc2)cc1. The third-order valence-electron chi connectivity index (χ3n) is 14.3. The molecule has 4 aromatic heterocycles. The van der Waals surface area contributed by atoms with Crippen molar-refractivity contribution in [2.75, 3.05) is 0 Å². The van der Waals surface area contributed by atoms with Gasteiger partial charge in [-0.2, -0.15) is 0 Å². The predicted molar refractivity (Wildman–Crippen MR) is 293 cm³/mol. The molecule has 330 valence electrons. The number of hydrogen-bond acceptors (Lipinski definition) is 4. The first-order valence-electron chi connectivity index (χ1n) is 24.0. The van der Waals surface area contributed by atoms with Crippen LogP contribution in [0.5, 0.6) is 0 Å². The molecule has 4 heterocycles. The Kier molecular flexibility index (Phi) is 8.56. The van der Waals surface area contributed by atoms with E-state index in [1.165, 1.54) is 21.5 Å². The summed E-state index contributed by atoms with van der Waals surface area (Å²) in [5.41, 5.74) is 12.9. The van der Waals surface area contributed by atoms with Crippen LogP contribution in [0, 0.1) is 0 Å². The van der Waals surface area contributed by atoms with Gasteiger partial charge in [0.15, 0.2) is 23.1 Å². The van der Waals surface area contributed by atoms with Crippen LogP contribution in [-0.4, -0.2) is 24.1 Å². The second-order valence-electron chi connectivity index (χ2n) is 18.3. The lowest BCUT2D eigenvalue weighted by molar-refractivity contribution is 0.667. The Bertz CT molecular complexity index is 4620. The molecule has 0 spiro atoms. The highest BCUT2D eigenvalue weighted by Gasteiger charge is 2.25. The molecule has 0 unspecified atom stereocenters. The average Bonchev–Trinajstić information content (AvgIpc) is 4.10. The van der Waals surface area contributed by atoms with E-state index in [1.807, 2.05) is 6.07 Å². The van der Waals surface area contributed by atoms with Crippen LogP contribution in [-0.2, 0) is 0 Å². The third kappa shape index (κ3) is 6.11. The monoisotopic (exact) mass is 905 g/mol. The largest absolute Gasteiger partial charge is 0.454 e. The third-order valence-corrected chi connectivity index (χ3v) is 14.3. The summed E-state index contributed by atoms with van der Waals surface area (Å²) in [5, 5.41) is 11.1. The zero-order valence-corrected chi connectivity index (χ0v) is 38.2. The normalized spacial score (nSPS) is 11.9. The fraction of sp³-hybridized carbons (Fsp3) is 0. The number of fused-ring (bicyclic) bond motifs is 11. The molecule has 11 aromatic carbocycles. The zero-order chi connectivity index (χ0) is 46.6. The summed E-state index contributed by atoms with van der Waals surface area (Å²) in [7, 11) is 0. The Morgan fingerprint density at radius 2 is 0.845 bits per heavy atom. The molecule has 71 heavy (non-hydrogen) atoms. The summed E-state index contributed by atoms with van der Waals surface area (Å²) in [6, 6.07) is 83.8. The summed E-state index contributed by atoms with van der Waals surface area (Å²) in [6.45, 7) is 0. The highest BCUT2D eigenvalue weighted by molar-refractivity contribution is 6.20. The molecule has 0 amide bonds. The van der Waals surface area contributed by atoms with Gasteiger partial charge >= 0.3 is 0 Å². The van der Waals surface area contributed by atoms with Crippen molar-refractivity contribution in [3.8, 4) is 56.7 Å². The van der Waals surface area contributed by atoms with Crippen LogP contribution in [0.3, 0.4) is 0 Å². The van der Waals surface area contributed by atoms with E-state index in [0.717, 1.165) is 105 Å². The molecule has 0 aliphatic rings. The van der Waals surface area contributed by atoms with Gasteiger partial charge < -0.3 is 13.6 Å². The molecule has 6 heteroatoms. The molecule has 0 aliphatic carbocycles. The van der Waals surface area contributed by atoms with Gasteiger partial charge in [0, 0.05) is 54.7 Å². The van der Waals surface area contributed by atoms with Gasteiger partial charge in [0.2, 0.25) is 0 Å². The number of rotatable bonds is 6. The maximum atomic E-state index is 7.20. The number of nitrogens with zero attached hydrogens (tertiary/aromatic N) is 5. The van der Waals surface area contributed by atoms with Crippen molar-refractivity contribution in [2.45, 2.75) is 0 Å². The van der Waals surface area contributed by atoms with E-state index >= 15 is 0 Å². The second-order valence-corrected chi connectivity index (χ2v) is 18.3. The molecule has 0 fully saturated rings. The Hall–Kier alpha value is -9.65. The van der Waals surface area contributed by atoms with Crippen molar-refractivity contribution >= 4 is 87.1 Å². The lowest BCUT2D eigenvalue weighted by Gasteiger charge is -2.13. The second kappa shape index (κ2) is 15.4. The van der Waals surface area contributed by atoms with Gasteiger partial charge in [-0.25, -0.2) is 15.0 Å². The molecule has 15 rings (SSSR count). The van der Waals surface area contributed by atoms with Gasteiger partial charge in [-0.15, -0.1) is 0 Å². The van der Waals surface area contributed by atoms with E-state index < -0.39 is 0 Å². The quantitative estimate of drug-likeness (QED) is 0.167. The number of furan rings is 1. The maximum Gasteiger partial charge on any atom is 0.164 e. The molecule has 0 aliphatic heterocycles. The van der Waals surface area contributed by atoms with Crippen LogP contribution in [0.15, 0.2) is 241 Å². The Balaban J connectivity index is 1.03.